The summed E-state index contributed by atoms with van der Waals surface area (Å²) in [6.45, 7) is 4.94. The SMILES string of the molecule is CCNC(=O)NC(=O)[C@@H](OC(=O)CCN1C(=O)NC(C)(C)C1=O)c1ccccc1. The number of nitrogens with one attached hydrogen (secondary N) is 3. The first-order valence-corrected chi connectivity index (χ1v) is 9.13. The van der Waals surface area contributed by atoms with Gasteiger partial charge in [-0.1, -0.05) is 30.3 Å². The van der Waals surface area contributed by atoms with Gasteiger partial charge in [-0.3, -0.25) is 24.6 Å². The van der Waals surface area contributed by atoms with E-state index >= 15 is 0 Å². The molecule has 0 bridgehead atoms. The van der Waals surface area contributed by atoms with Crippen LogP contribution in [-0.4, -0.2) is 53.4 Å². The van der Waals surface area contributed by atoms with Crippen molar-refractivity contribution in [1.82, 2.24) is 20.9 Å². The van der Waals surface area contributed by atoms with E-state index in [1.165, 1.54) is 0 Å². The molecule has 10 heteroatoms. The van der Waals surface area contributed by atoms with E-state index in [1.807, 2.05) is 0 Å². The molecule has 1 aromatic carbocycles. The second-order valence-corrected chi connectivity index (χ2v) is 6.89. The lowest BCUT2D eigenvalue weighted by Gasteiger charge is -2.19. The number of amides is 6. The number of hydrogen-bond donors (Lipinski definition) is 3. The van der Waals surface area contributed by atoms with Crippen molar-refractivity contribution in [3.63, 3.8) is 0 Å². The fraction of sp³-hybridized carbons (Fsp3) is 0.421. The smallest absolute Gasteiger partial charge is 0.325 e. The van der Waals surface area contributed by atoms with E-state index in [2.05, 4.69) is 16.0 Å². The first kappa shape index (κ1) is 21.9. The topological polar surface area (TPSA) is 134 Å². The Morgan fingerprint density at radius 3 is 2.38 bits per heavy atom. The molecule has 0 spiro atoms. The summed E-state index contributed by atoms with van der Waals surface area (Å²) in [5, 5.41) is 7.04. The van der Waals surface area contributed by atoms with Crippen LogP contribution < -0.4 is 16.0 Å². The van der Waals surface area contributed by atoms with Crippen molar-refractivity contribution in [2.45, 2.75) is 38.8 Å². The Kier molecular flexibility index (Phi) is 6.92. The second kappa shape index (κ2) is 9.18. The lowest BCUT2D eigenvalue weighted by Crippen LogP contribution is -2.42. The average molecular weight is 404 g/mol. The molecule has 10 nitrogen and oxygen atoms in total. The van der Waals surface area contributed by atoms with Crippen molar-refractivity contribution in [1.29, 1.82) is 0 Å². The van der Waals surface area contributed by atoms with Crippen LogP contribution in [0.15, 0.2) is 30.3 Å². The third-order valence-electron chi connectivity index (χ3n) is 4.15. The number of benzene rings is 1. The minimum Gasteiger partial charge on any atom is -0.447 e. The molecule has 0 radical (unpaired) electrons. The van der Waals surface area contributed by atoms with Gasteiger partial charge in [-0.2, -0.15) is 0 Å². The number of urea groups is 2. The van der Waals surface area contributed by atoms with Gasteiger partial charge < -0.3 is 15.4 Å². The zero-order chi connectivity index (χ0) is 21.6. The number of rotatable bonds is 7. The Hall–Kier alpha value is -3.43. The van der Waals surface area contributed by atoms with E-state index in [1.54, 1.807) is 51.1 Å². The highest BCUT2D eigenvalue weighted by atomic mass is 16.5. The fourth-order valence-electron chi connectivity index (χ4n) is 2.70. The summed E-state index contributed by atoms with van der Waals surface area (Å²) in [6, 6.07) is 6.89. The van der Waals surface area contributed by atoms with E-state index in [9.17, 15) is 24.0 Å². The largest absolute Gasteiger partial charge is 0.447 e. The van der Waals surface area contributed by atoms with Gasteiger partial charge in [0.25, 0.3) is 11.8 Å². The van der Waals surface area contributed by atoms with Crippen LogP contribution in [0.25, 0.3) is 0 Å². The number of imide groups is 2. The van der Waals surface area contributed by atoms with Gasteiger partial charge in [0, 0.05) is 18.7 Å². The van der Waals surface area contributed by atoms with Gasteiger partial charge in [0.1, 0.15) is 5.54 Å². The summed E-state index contributed by atoms with van der Waals surface area (Å²) in [6.07, 6.45) is -1.65. The monoisotopic (exact) mass is 404 g/mol. The van der Waals surface area contributed by atoms with Gasteiger partial charge in [0.2, 0.25) is 6.10 Å². The van der Waals surface area contributed by atoms with Gasteiger partial charge in [-0.05, 0) is 20.8 Å². The maximum Gasteiger partial charge on any atom is 0.325 e. The molecule has 29 heavy (non-hydrogen) atoms. The molecule has 1 aromatic rings. The Morgan fingerprint density at radius 2 is 1.83 bits per heavy atom. The second-order valence-electron chi connectivity index (χ2n) is 6.89. The Labute approximate surface area is 168 Å². The molecule has 1 fully saturated rings. The molecular formula is C19H24N4O6. The number of carbonyl (C=O) groups is 5. The van der Waals surface area contributed by atoms with Crippen molar-refractivity contribution < 1.29 is 28.7 Å². The minimum atomic E-state index is -1.36. The van der Waals surface area contributed by atoms with E-state index in [0.29, 0.717) is 12.1 Å². The van der Waals surface area contributed by atoms with Crippen LogP contribution in [0.4, 0.5) is 9.59 Å². The molecule has 1 saturated heterocycles. The zero-order valence-corrected chi connectivity index (χ0v) is 16.5. The lowest BCUT2D eigenvalue weighted by atomic mass is 10.1. The van der Waals surface area contributed by atoms with Crippen molar-refractivity contribution in [2.75, 3.05) is 13.1 Å². The molecule has 1 aliphatic rings. The number of ether oxygens (including phenoxy) is 1. The molecule has 1 aliphatic heterocycles. The summed E-state index contributed by atoms with van der Waals surface area (Å²) < 4.78 is 5.26. The number of nitrogens with zero attached hydrogens (tertiary/aromatic N) is 1. The van der Waals surface area contributed by atoms with Gasteiger partial charge >= 0.3 is 18.0 Å². The minimum absolute atomic E-state index is 0.188. The van der Waals surface area contributed by atoms with Crippen LogP contribution in [-0.2, 0) is 19.1 Å². The van der Waals surface area contributed by atoms with Crippen LogP contribution in [0.2, 0.25) is 0 Å². The molecule has 3 N–H and O–H groups in total. The molecule has 0 aromatic heterocycles. The standard InChI is InChI=1S/C19H24N4O6/c1-4-20-17(27)21-15(25)14(12-8-6-5-7-9-12)29-13(24)10-11-23-16(26)19(2,3)22-18(23)28/h5-9,14H,4,10-11H2,1-3H3,(H,22,28)(H2,20,21,25,27)/t14-/m0/s1. The normalized spacial score (nSPS) is 16.0. The van der Waals surface area contributed by atoms with Crippen molar-refractivity contribution in [2.24, 2.45) is 0 Å². The highest BCUT2D eigenvalue weighted by molar-refractivity contribution is 6.06. The van der Waals surface area contributed by atoms with Crippen molar-refractivity contribution in [3.05, 3.63) is 35.9 Å². The van der Waals surface area contributed by atoms with E-state index < -0.39 is 41.5 Å². The Bertz CT molecular complexity index is 808. The molecule has 1 heterocycles. The first-order chi connectivity index (χ1) is 13.7. The summed E-state index contributed by atoms with van der Waals surface area (Å²) >= 11 is 0. The predicted octanol–water partition coefficient (Wildman–Crippen LogP) is 0.837. The average Bonchev–Trinajstić information content (AvgIpc) is 2.85. The van der Waals surface area contributed by atoms with Crippen LogP contribution >= 0.6 is 0 Å². The number of hydrogen-bond acceptors (Lipinski definition) is 6. The van der Waals surface area contributed by atoms with Crippen LogP contribution in [0.1, 0.15) is 38.9 Å². The third kappa shape index (κ3) is 5.53. The van der Waals surface area contributed by atoms with Crippen LogP contribution in [0, 0.1) is 0 Å². The van der Waals surface area contributed by atoms with Gasteiger partial charge in [0.05, 0.1) is 6.42 Å². The van der Waals surface area contributed by atoms with Crippen LogP contribution in [0.3, 0.4) is 0 Å². The zero-order valence-electron chi connectivity index (χ0n) is 16.5. The van der Waals surface area contributed by atoms with Crippen LogP contribution in [0.5, 0.6) is 0 Å². The molecule has 0 saturated carbocycles. The fourth-order valence-corrected chi connectivity index (χ4v) is 2.70. The predicted molar refractivity (Wildman–Crippen MR) is 101 cm³/mol. The van der Waals surface area contributed by atoms with Gasteiger partial charge in [-0.25, -0.2) is 9.59 Å². The summed E-state index contributed by atoms with van der Waals surface area (Å²) in [5.74, 6) is -2.06. The van der Waals surface area contributed by atoms with Crippen molar-refractivity contribution >= 4 is 29.8 Å². The summed E-state index contributed by atoms with van der Waals surface area (Å²) in [7, 11) is 0. The highest BCUT2D eigenvalue weighted by Crippen LogP contribution is 2.20. The van der Waals surface area contributed by atoms with Gasteiger partial charge in [-0.15, -0.1) is 0 Å². The maximum absolute atomic E-state index is 12.4. The quantitative estimate of drug-likeness (QED) is 0.455. The summed E-state index contributed by atoms with van der Waals surface area (Å²) in [5.41, 5.74) is -0.668. The highest BCUT2D eigenvalue weighted by Gasteiger charge is 2.44. The van der Waals surface area contributed by atoms with Gasteiger partial charge in [0.15, 0.2) is 0 Å². The molecule has 6 amide bonds. The molecule has 1 atom stereocenters. The van der Waals surface area contributed by atoms with Crippen molar-refractivity contribution in [3.8, 4) is 0 Å². The lowest BCUT2D eigenvalue weighted by molar-refractivity contribution is -0.156. The maximum atomic E-state index is 12.4. The molecule has 0 aliphatic carbocycles. The van der Waals surface area contributed by atoms with E-state index in [4.69, 9.17) is 4.74 Å². The van der Waals surface area contributed by atoms with E-state index in [0.717, 1.165) is 4.90 Å². The number of esters is 1. The Morgan fingerprint density at radius 1 is 1.17 bits per heavy atom. The summed E-state index contributed by atoms with van der Waals surface area (Å²) in [4.78, 5) is 61.3. The molecule has 0 unspecified atom stereocenters. The number of carbonyl (C=O) groups excluding carboxylic acids is 5. The first-order valence-electron chi connectivity index (χ1n) is 9.13. The molecule has 156 valence electrons. The molecule has 2 rings (SSSR count). The Balaban J connectivity index is 2.04. The van der Waals surface area contributed by atoms with E-state index in [-0.39, 0.29) is 13.0 Å². The third-order valence-corrected chi connectivity index (χ3v) is 4.15. The molecular weight excluding hydrogens is 380 g/mol.